The Bertz CT molecular complexity index is 612. The average Bonchev–Trinajstić information content (AvgIpc) is 2.79. The van der Waals surface area contributed by atoms with Gasteiger partial charge in [0.25, 0.3) is 5.69 Å². The molecule has 0 aliphatic heterocycles. The molecule has 0 atom stereocenters. The second kappa shape index (κ2) is 4.81. The standard InChI is InChI=1S/C14H14BrNO3/c1-14(2,3)9-7-10(15)13(11(8-9)16(17)18)12-5-4-6-19-12/h4-8H,1-3H3. The second-order valence-electron chi connectivity index (χ2n) is 5.34. The summed E-state index contributed by atoms with van der Waals surface area (Å²) in [5, 5.41) is 11.3. The average molecular weight is 324 g/mol. The van der Waals surface area contributed by atoms with E-state index < -0.39 is 0 Å². The van der Waals surface area contributed by atoms with Crippen LogP contribution in [-0.2, 0) is 5.41 Å². The van der Waals surface area contributed by atoms with Crippen molar-refractivity contribution >= 4 is 21.6 Å². The van der Waals surface area contributed by atoms with Crippen LogP contribution in [0, 0.1) is 10.1 Å². The number of halogens is 1. The van der Waals surface area contributed by atoms with Crippen LogP contribution >= 0.6 is 15.9 Å². The fourth-order valence-electron chi connectivity index (χ4n) is 1.83. The van der Waals surface area contributed by atoms with Crippen LogP contribution in [0.2, 0.25) is 0 Å². The topological polar surface area (TPSA) is 56.3 Å². The Morgan fingerprint density at radius 1 is 1.32 bits per heavy atom. The van der Waals surface area contributed by atoms with Crippen molar-refractivity contribution < 1.29 is 9.34 Å². The summed E-state index contributed by atoms with van der Waals surface area (Å²) in [7, 11) is 0. The number of hydrogen-bond acceptors (Lipinski definition) is 3. The third-order valence-corrected chi connectivity index (χ3v) is 3.53. The highest BCUT2D eigenvalue weighted by Crippen LogP contribution is 2.40. The van der Waals surface area contributed by atoms with E-state index in [2.05, 4.69) is 15.9 Å². The number of nitrogens with zero attached hydrogens (tertiary/aromatic N) is 1. The second-order valence-corrected chi connectivity index (χ2v) is 6.19. The van der Waals surface area contributed by atoms with Crippen molar-refractivity contribution in [2.24, 2.45) is 0 Å². The highest BCUT2D eigenvalue weighted by Gasteiger charge is 2.25. The van der Waals surface area contributed by atoms with E-state index in [4.69, 9.17) is 4.42 Å². The van der Waals surface area contributed by atoms with E-state index in [-0.39, 0.29) is 16.0 Å². The maximum Gasteiger partial charge on any atom is 0.281 e. The van der Waals surface area contributed by atoms with Gasteiger partial charge in [-0.15, -0.1) is 0 Å². The van der Waals surface area contributed by atoms with Crippen molar-refractivity contribution in [3.8, 4) is 11.3 Å². The molecule has 2 rings (SSSR count). The third-order valence-electron chi connectivity index (χ3n) is 2.90. The number of furan rings is 1. The van der Waals surface area contributed by atoms with E-state index in [1.165, 1.54) is 6.26 Å². The Morgan fingerprint density at radius 2 is 2.00 bits per heavy atom. The lowest BCUT2D eigenvalue weighted by Gasteiger charge is -2.20. The normalized spacial score (nSPS) is 11.6. The zero-order valence-corrected chi connectivity index (χ0v) is 12.5. The van der Waals surface area contributed by atoms with Gasteiger partial charge in [0.2, 0.25) is 0 Å². The molecule has 4 nitrogen and oxygen atoms in total. The molecule has 19 heavy (non-hydrogen) atoms. The molecule has 0 N–H and O–H groups in total. The SMILES string of the molecule is CC(C)(C)c1cc(Br)c(-c2ccco2)c([N+](=O)[O-])c1. The zero-order chi connectivity index (χ0) is 14.2. The molecule has 1 aromatic heterocycles. The molecule has 5 heteroatoms. The molecule has 0 fully saturated rings. The van der Waals surface area contributed by atoms with Gasteiger partial charge in [-0.05, 0) is 45.1 Å². The minimum atomic E-state index is -0.377. The van der Waals surface area contributed by atoms with Gasteiger partial charge >= 0.3 is 0 Å². The van der Waals surface area contributed by atoms with Gasteiger partial charge in [0.1, 0.15) is 11.3 Å². The number of benzene rings is 1. The summed E-state index contributed by atoms with van der Waals surface area (Å²) in [5.74, 6) is 0.485. The van der Waals surface area contributed by atoms with Crippen LogP contribution in [0.25, 0.3) is 11.3 Å². The van der Waals surface area contributed by atoms with E-state index in [9.17, 15) is 10.1 Å². The predicted octanol–water partition coefficient (Wildman–Crippen LogP) is 4.91. The van der Waals surface area contributed by atoms with E-state index in [1.807, 2.05) is 26.8 Å². The van der Waals surface area contributed by atoms with Gasteiger partial charge in [-0.3, -0.25) is 10.1 Å². The number of nitro benzene ring substituents is 1. The Hall–Kier alpha value is -1.62. The summed E-state index contributed by atoms with van der Waals surface area (Å²) in [6.07, 6.45) is 1.50. The van der Waals surface area contributed by atoms with Gasteiger partial charge in [0.05, 0.1) is 11.2 Å². The lowest BCUT2D eigenvalue weighted by Crippen LogP contribution is -2.12. The highest BCUT2D eigenvalue weighted by atomic mass is 79.9. The van der Waals surface area contributed by atoms with Crippen LogP contribution in [0.3, 0.4) is 0 Å². The quantitative estimate of drug-likeness (QED) is 0.582. The smallest absolute Gasteiger partial charge is 0.281 e. The largest absolute Gasteiger partial charge is 0.464 e. The summed E-state index contributed by atoms with van der Waals surface area (Å²) in [4.78, 5) is 10.9. The summed E-state index contributed by atoms with van der Waals surface area (Å²) >= 11 is 3.42. The summed E-state index contributed by atoms with van der Waals surface area (Å²) in [6.45, 7) is 6.06. The summed E-state index contributed by atoms with van der Waals surface area (Å²) in [5.41, 5.74) is 1.27. The van der Waals surface area contributed by atoms with E-state index in [1.54, 1.807) is 18.2 Å². The predicted molar refractivity (Wildman–Crippen MR) is 77.2 cm³/mol. The number of rotatable bonds is 2. The summed E-state index contributed by atoms with van der Waals surface area (Å²) in [6, 6.07) is 6.94. The Morgan fingerprint density at radius 3 is 2.47 bits per heavy atom. The van der Waals surface area contributed by atoms with E-state index in [0.717, 1.165) is 5.56 Å². The first kappa shape index (κ1) is 13.8. The van der Waals surface area contributed by atoms with Crippen molar-refractivity contribution in [3.05, 3.63) is 50.7 Å². The fourth-order valence-corrected chi connectivity index (χ4v) is 2.48. The molecule has 100 valence electrons. The molecule has 0 aliphatic carbocycles. The number of hydrogen-bond donors (Lipinski definition) is 0. The van der Waals surface area contributed by atoms with Gasteiger partial charge in [-0.25, -0.2) is 0 Å². The maximum absolute atomic E-state index is 11.3. The van der Waals surface area contributed by atoms with Gasteiger partial charge in [-0.2, -0.15) is 0 Å². The van der Waals surface area contributed by atoms with Gasteiger partial charge in [-0.1, -0.05) is 20.8 Å². The van der Waals surface area contributed by atoms with Crippen molar-refractivity contribution in [1.82, 2.24) is 0 Å². The maximum atomic E-state index is 11.3. The molecule has 0 radical (unpaired) electrons. The van der Waals surface area contributed by atoms with Gasteiger partial charge < -0.3 is 4.42 Å². The molecular formula is C14H14BrNO3. The molecule has 0 unspecified atom stereocenters. The molecule has 1 aromatic carbocycles. The molecule has 2 aromatic rings. The van der Waals surface area contributed by atoms with E-state index in [0.29, 0.717) is 15.8 Å². The lowest BCUT2D eigenvalue weighted by molar-refractivity contribution is -0.384. The van der Waals surface area contributed by atoms with Crippen LogP contribution in [-0.4, -0.2) is 4.92 Å². The van der Waals surface area contributed by atoms with Gasteiger partial charge in [0.15, 0.2) is 0 Å². The molecular weight excluding hydrogens is 310 g/mol. The minimum absolute atomic E-state index is 0.0502. The molecule has 0 bridgehead atoms. The molecule has 0 spiro atoms. The first-order chi connectivity index (χ1) is 8.80. The third kappa shape index (κ3) is 2.71. The number of nitro groups is 1. The Kier molecular flexibility index (Phi) is 3.49. The minimum Gasteiger partial charge on any atom is -0.464 e. The Balaban J connectivity index is 2.72. The zero-order valence-electron chi connectivity index (χ0n) is 10.9. The molecule has 0 saturated carbocycles. The lowest BCUT2D eigenvalue weighted by atomic mass is 9.86. The Labute approximate surface area is 119 Å². The fraction of sp³-hybridized carbons (Fsp3) is 0.286. The van der Waals surface area contributed by atoms with Gasteiger partial charge in [0, 0.05) is 10.5 Å². The van der Waals surface area contributed by atoms with Crippen molar-refractivity contribution in [2.45, 2.75) is 26.2 Å². The highest BCUT2D eigenvalue weighted by molar-refractivity contribution is 9.10. The van der Waals surface area contributed by atoms with Crippen LogP contribution in [0.1, 0.15) is 26.3 Å². The molecule has 0 aliphatic rings. The molecule has 0 saturated heterocycles. The first-order valence-corrected chi connectivity index (χ1v) is 6.62. The summed E-state index contributed by atoms with van der Waals surface area (Å²) < 4.78 is 5.95. The van der Waals surface area contributed by atoms with Crippen molar-refractivity contribution in [1.29, 1.82) is 0 Å². The van der Waals surface area contributed by atoms with Crippen LogP contribution in [0.5, 0.6) is 0 Å². The van der Waals surface area contributed by atoms with Crippen LogP contribution in [0.4, 0.5) is 5.69 Å². The van der Waals surface area contributed by atoms with Crippen molar-refractivity contribution in [2.75, 3.05) is 0 Å². The van der Waals surface area contributed by atoms with Crippen LogP contribution < -0.4 is 0 Å². The molecule has 0 amide bonds. The van der Waals surface area contributed by atoms with Crippen molar-refractivity contribution in [3.63, 3.8) is 0 Å². The monoisotopic (exact) mass is 323 g/mol. The molecule has 1 heterocycles. The van der Waals surface area contributed by atoms with Crippen LogP contribution in [0.15, 0.2) is 39.4 Å². The first-order valence-electron chi connectivity index (χ1n) is 5.83. The van der Waals surface area contributed by atoms with E-state index >= 15 is 0 Å².